The van der Waals surface area contributed by atoms with Gasteiger partial charge in [-0.3, -0.25) is 14.3 Å². The van der Waals surface area contributed by atoms with Crippen LogP contribution in [-0.2, 0) is 11.3 Å². The molecule has 1 N–H and O–H groups in total. The second-order valence-corrected chi connectivity index (χ2v) is 9.15. The number of likely N-dealkylation sites (tertiary alicyclic amines) is 2. The van der Waals surface area contributed by atoms with E-state index in [9.17, 15) is 9.59 Å². The molecule has 2 aliphatic rings. The molecule has 0 radical (unpaired) electrons. The van der Waals surface area contributed by atoms with E-state index in [1.165, 1.54) is 0 Å². The minimum atomic E-state index is -0.00280. The maximum atomic E-state index is 13.0. The number of aryl methyl sites for hydroxylation is 3. The van der Waals surface area contributed by atoms with Crippen LogP contribution in [0.15, 0.2) is 24.3 Å². The minimum Gasteiger partial charge on any atom is -0.337 e. The molecular formula is C23H30ClN5O2. The maximum Gasteiger partial charge on any atom is 0.272 e. The molecule has 2 unspecified atom stereocenters. The smallest absolute Gasteiger partial charge is 0.272 e. The number of aromatic nitrogens is 2. The van der Waals surface area contributed by atoms with Crippen molar-refractivity contribution in [1.82, 2.24) is 19.6 Å². The Labute approximate surface area is 188 Å². The molecule has 166 valence electrons. The lowest BCUT2D eigenvalue weighted by Crippen LogP contribution is -2.35. The molecule has 0 spiro atoms. The molecule has 3 heterocycles. The van der Waals surface area contributed by atoms with Crippen molar-refractivity contribution in [3.63, 3.8) is 0 Å². The number of hydrogen-bond donors (Lipinski definition) is 1. The van der Waals surface area contributed by atoms with Gasteiger partial charge in [-0.2, -0.15) is 5.10 Å². The fourth-order valence-electron chi connectivity index (χ4n) is 4.71. The average Bonchev–Trinajstić information content (AvgIpc) is 3.41. The topological polar surface area (TPSA) is 70.5 Å². The Bertz CT molecular complexity index is 974. The molecule has 0 aliphatic carbocycles. The number of hydrogen-bond acceptors (Lipinski definition) is 4. The van der Waals surface area contributed by atoms with Crippen LogP contribution < -0.4 is 5.32 Å². The lowest BCUT2D eigenvalue weighted by Gasteiger charge is -2.21. The summed E-state index contributed by atoms with van der Waals surface area (Å²) < 4.78 is 1.79. The molecule has 1 aromatic heterocycles. The van der Waals surface area contributed by atoms with E-state index >= 15 is 0 Å². The Morgan fingerprint density at radius 3 is 2.48 bits per heavy atom. The number of carbonyl (C=O) groups excluding carboxylic acids is 2. The molecule has 2 fully saturated rings. The van der Waals surface area contributed by atoms with Crippen molar-refractivity contribution >= 4 is 29.1 Å². The molecule has 2 amide bonds. The molecule has 4 rings (SSSR count). The predicted octanol–water partition coefficient (Wildman–Crippen LogP) is 3.21. The van der Waals surface area contributed by atoms with Gasteiger partial charge in [0.15, 0.2) is 0 Å². The summed E-state index contributed by atoms with van der Waals surface area (Å²) in [5.41, 5.74) is 3.28. The summed E-state index contributed by atoms with van der Waals surface area (Å²) in [5, 5.41) is 7.98. The van der Waals surface area contributed by atoms with Crippen LogP contribution in [-0.4, -0.2) is 64.1 Å². The summed E-state index contributed by atoms with van der Waals surface area (Å²) in [7, 11) is 0. The Kier molecular flexibility index (Phi) is 6.34. The number of nitrogens with zero attached hydrogens (tertiary/aromatic N) is 4. The zero-order valence-corrected chi connectivity index (χ0v) is 19.2. The molecule has 2 saturated heterocycles. The van der Waals surface area contributed by atoms with E-state index in [-0.39, 0.29) is 11.8 Å². The quantitative estimate of drug-likeness (QED) is 0.744. The van der Waals surface area contributed by atoms with E-state index < -0.39 is 0 Å². The van der Waals surface area contributed by atoms with Crippen LogP contribution in [0.2, 0.25) is 5.02 Å². The van der Waals surface area contributed by atoms with Gasteiger partial charge < -0.3 is 15.1 Å². The molecule has 7 nitrogen and oxygen atoms in total. The van der Waals surface area contributed by atoms with Crippen LogP contribution in [0.25, 0.3) is 0 Å². The van der Waals surface area contributed by atoms with Crippen molar-refractivity contribution in [2.75, 3.05) is 38.0 Å². The van der Waals surface area contributed by atoms with Gasteiger partial charge in [0.05, 0.1) is 5.69 Å². The van der Waals surface area contributed by atoms with Crippen molar-refractivity contribution in [3.05, 3.63) is 46.2 Å². The minimum absolute atomic E-state index is 0.00280. The monoisotopic (exact) mass is 443 g/mol. The molecule has 8 heteroatoms. The third-order valence-corrected chi connectivity index (χ3v) is 6.79. The molecule has 2 aromatic rings. The van der Waals surface area contributed by atoms with E-state index in [1.54, 1.807) is 10.7 Å². The van der Waals surface area contributed by atoms with Crippen molar-refractivity contribution in [2.24, 2.45) is 11.8 Å². The van der Waals surface area contributed by atoms with Crippen molar-refractivity contribution in [1.29, 1.82) is 0 Å². The fraction of sp³-hybridized carbons (Fsp3) is 0.522. The van der Waals surface area contributed by atoms with Crippen LogP contribution in [0, 0.1) is 25.7 Å². The highest BCUT2D eigenvalue weighted by molar-refractivity contribution is 6.31. The lowest BCUT2D eigenvalue weighted by molar-refractivity contribution is -0.116. The van der Waals surface area contributed by atoms with Crippen molar-refractivity contribution < 1.29 is 9.59 Å². The second-order valence-electron chi connectivity index (χ2n) is 8.74. The highest BCUT2D eigenvalue weighted by Crippen LogP contribution is 2.32. The fourth-order valence-corrected chi connectivity index (χ4v) is 4.89. The van der Waals surface area contributed by atoms with Crippen molar-refractivity contribution in [2.45, 2.75) is 33.7 Å². The Hall–Kier alpha value is -2.38. The molecule has 0 bridgehead atoms. The van der Waals surface area contributed by atoms with Gasteiger partial charge in [-0.15, -0.1) is 0 Å². The Morgan fingerprint density at radius 1 is 1.13 bits per heavy atom. The number of fused-ring (bicyclic) bond motifs is 1. The largest absolute Gasteiger partial charge is 0.337 e. The third-order valence-electron chi connectivity index (χ3n) is 6.38. The average molecular weight is 444 g/mol. The van der Waals surface area contributed by atoms with Crippen molar-refractivity contribution in [3.8, 4) is 0 Å². The van der Waals surface area contributed by atoms with Crippen LogP contribution in [0.3, 0.4) is 0 Å². The normalized spacial score (nSPS) is 20.8. The van der Waals surface area contributed by atoms with E-state index in [1.807, 2.05) is 43.9 Å². The molecule has 31 heavy (non-hydrogen) atoms. The van der Waals surface area contributed by atoms with Gasteiger partial charge in [0, 0.05) is 56.4 Å². The van der Waals surface area contributed by atoms with Gasteiger partial charge in [0.2, 0.25) is 5.91 Å². The van der Waals surface area contributed by atoms with Gasteiger partial charge in [0.25, 0.3) is 5.91 Å². The maximum absolute atomic E-state index is 13.0. The SMILES string of the molecule is CCn1nc(C)cc1C(=O)N1CC2CN(CCC(=O)Nc3ccc(C)c(Cl)c3)CC2C1. The van der Waals surface area contributed by atoms with Gasteiger partial charge in [0.1, 0.15) is 5.69 Å². The standard InChI is InChI=1S/C23H30ClN5O2/c1-4-29-21(9-16(3)26-29)23(31)28-13-17-11-27(12-18(17)14-28)8-7-22(30)25-19-6-5-15(2)20(24)10-19/h5-6,9-10,17-18H,4,7-8,11-14H2,1-3H3,(H,25,30). The first-order chi connectivity index (χ1) is 14.8. The number of benzene rings is 1. The highest BCUT2D eigenvalue weighted by atomic mass is 35.5. The summed E-state index contributed by atoms with van der Waals surface area (Å²) >= 11 is 6.13. The first kappa shape index (κ1) is 21.8. The van der Waals surface area contributed by atoms with Gasteiger partial charge >= 0.3 is 0 Å². The van der Waals surface area contributed by atoms with Crippen LogP contribution >= 0.6 is 11.6 Å². The second kappa shape index (κ2) is 9.01. The summed E-state index contributed by atoms with van der Waals surface area (Å²) in [4.78, 5) is 29.6. The highest BCUT2D eigenvalue weighted by Gasteiger charge is 2.42. The molecule has 2 aliphatic heterocycles. The van der Waals surface area contributed by atoms with Crippen LogP contribution in [0.1, 0.15) is 35.1 Å². The van der Waals surface area contributed by atoms with Gasteiger partial charge in [-0.25, -0.2) is 0 Å². The molecular weight excluding hydrogens is 414 g/mol. The number of halogens is 1. The number of rotatable bonds is 6. The zero-order chi connectivity index (χ0) is 22.1. The molecule has 2 atom stereocenters. The molecule has 1 aromatic carbocycles. The van der Waals surface area contributed by atoms with E-state index in [0.717, 1.165) is 49.7 Å². The number of carbonyl (C=O) groups is 2. The van der Waals surface area contributed by atoms with Crippen LogP contribution in [0.5, 0.6) is 0 Å². The Morgan fingerprint density at radius 2 is 1.84 bits per heavy atom. The summed E-state index contributed by atoms with van der Waals surface area (Å²) in [6.45, 7) is 10.7. The number of anilines is 1. The van der Waals surface area contributed by atoms with E-state index in [0.29, 0.717) is 35.5 Å². The van der Waals surface area contributed by atoms with E-state index in [4.69, 9.17) is 11.6 Å². The van der Waals surface area contributed by atoms with Crippen LogP contribution in [0.4, 0.5) is 5.69 Å². The summed E-state index contributed by atoms with van der Waals surface area (Å²) in [5.74, 6) is 1.03. The lowest BCUT2D eigenvalue weighted by atomic mass is 10.0. The Balaban J connectivity index is 1.25. The molecule has 0 saturated carbocycles. The summed E-state index contributed by atoms with van der Waals surface area (Å²) in [6, 6.07) is 7.44. The van der Waals surface area contributed by atoms with Gasteiger partial charge in [-0.1, -0.05) is 17.7 Å². The zero-order valence-electron chi connectivity index (χ0n) is 18.4. The third kappa shape index (κ3) is 4.77. The first-order valence-corrected chi connectivity index (χ1v) is 11.3. The first-order valence-electron chi connectivity index (χ1n) is 11.0. The van der Waals surface area contributed by atoms with E-state index in [2.05, 4.69) is 15.3 Å². The number of amides is 2. The summed E-state index contributed by atoms with van der Waals surface area (Å²) in [6.07, 6.45) is 0.447. The predicted molar refractivity (Wildman–Crippen MR) is 121 cm³/mol. The van der Waals surface area contributed by atoms with Gasteiger partial charge in [-0.05, 0) is 56.4 Å². The number of nitrogens with one attached hydrogen (secondary N) is 1.